The van der Waals surface area contributed by atoms with Gasteiger partial charge in [-0.2, -0.15) is 0 Å². The van der Waals surface area contributed by atoms with Crippen molar-refractivity contribution in [1.29, 1.82) is 0 Å². The summed E-state index contributed by atoms with van der Waals surface area (Å²) in [5, 5.41) is 10.3. The van der Waals surface area contributed by atoms with E-state index >= 15 is 0 Å². The molecule has 0 saturated heterocycles. The standard InChI is InChI=1S/C12H17NO/c1-12(14,10-5-6-10)11-4-2-3-9(7-11)8-13/h2-4,7,10,14H,5-6,8,13H2,1H3. The molecule has 1 atom stereocenters. The molecule has 0 spiro atoms. The maximum absolute atomic E-state index is 10.3. The lowest BCUT2D eigenvalue weighted by molar-refractivity contribution is 0.0330. The van der Waals surface area contributed by atoms with E-state index in [4.69, 9.17) is 5.73 Å². The zero-order chi connectivity index (χ0) is 10.2. The monoisotopic (exact) mass is 191 g/mol. The van der Waals surface area contributed by atoms with Gasteiger partial charge in [-0.05, 0) is 36.8 Å². The average Bonchev–Trinajstić information content (AvgIpc) is 3.01. The Morgan fingerprint density at radius 3 is 2.79 bits per heavy atom. The summed E-state index contributed by atoms with van der Waals surface area (Å²) >= 11 is 0. The molecule has 0 aliphatic heterocycles. The highest BCUT2D eigenvalue weighted by Gasteiger charge is 2.41. The number of hydrogen-bond donors (Lipinski definition) is 2. The van der Waals surface area contributed by atoms with Gasteiger partial charge in [-0.25, -0.2) is 0 Å². The summed E-state index contributed by atoms with van der Waals surface area (Å²) in [5.74, 6) is 0.440. The Bertz CT molecular complexity index is 329. The number of hydrogen-bond acceptors (Lipinski definition) is 2. The van der Waals surface area contributed by atoms with Crippen LogP contribution in [0.25, 0.3) is 0 Å². The number of nitrogens with two attached hydrogens (primary N) is 1. The zero-order valence-corrected chi connectivity index (χ0v) is 8.53. The smallest absolute Gasteiger partial charge is 0.0896 e. The highest BCUT2D eigenvalue weighted by atomic mass is 16.3. The maximum Gasteiger partial charge on any atom is 0.0896 e. The van der Waals surface area contributed by atoms with Gasteiger partial charge in [0.15, 0.2) is 0 Å². The number of benzene rings is 1. The van der Waals surface area contributed by atoms with E-state index in [9.17, 15) is 5.11 Å². The molecule has 0 aromatic heterocycles. The predicted molar refractivity (Wildman–Crippen MR) is 56.6 cm³/mol. The van der Waals surface area contributed by atoms with Gasteiger partial charge in [0.1, 0.15) is 0 Å². The van der Waals surface area contributed by atoms with E-state index < -0.39 is 5.60 Å². The molecule has 14 heavy (non-hydrogen) atoms. The lowest BCUT2D eigenvalue weighted by atomic mass is 9.90. The first-order chi connectivity index (χ1) is 6.64. The molecule has 1 unspecified atom stereocenters. The maximum atomic E-state index is 10.3. The molecule has 0 heterocycles. The molecular weight excluding hydrogens is 174 g/mol. The van der Waals surface area contributed by atoms with E-state index in [0.29, 0.717) is 12.5 Å². The van der Waals surface area contributed by atoms with Gasteiger partial charge in [-0.3, -0.25) is 0 Å². The second-order valence-corrected chi connectivity index (χ2v) is 4.33. The van der Waals surface area contributed by atoms with E-state index in [0.717, 1.165) is 24.0 Å². The van der Waals surface area contributed by atoms with Crippen molar-refractivity contribution in [2.45, 2.75) is 31.9 Å². The van der Waals surface area contributed by atoms with Gasteiger partial charge in [0, 0.05) is 6.54 Å². The average molecular weight is 191 g/mol. The van der Waals surface area contributed by atoms with Crippen molar-refractivity contribution in [3.05, 3.63) is 35.4 Å². The molecule has 1 aromatic carbocycles. The van der Waals surface area contributed by atoms with E-state index in [-0.39, 0.29) is 0 Å². The second kappa shape index (κ2) is 3.37. The molecule has 0 radical (unpaired) electrons. The van der Waals surface area contributed by atoms with Crippen LogP contribution in [-0.4, -0.2) is 5.11 Å². The Balaban J connectivity index is 2.30. The molecule has 0 bridgehead atoms. The first-order valence-electron chi connectivity index (χ1n) is 5.16. The fourth-order valence-electron chi connectivity index (χ4n) is 1.89. The fraction of sp³-hybridized carbons (Fsp3) is 0.500. The minimum atomic E-state index is -0.662. The van der Waals surface area contributed by atoms with Gasteiger partial charge in [0.05, 0.1) is 5.60 Å². The van der Waals surface area contributed by atoms with Gasteiger partial charge in [0.2, 0.25) is 0 Å². The molecule has 1 aliphatic rings. The van der Waals surface area contributed by atoms with E-state index in [1.54, 1.807) is 0 Å². The Labute approximate surface area is 84.7 Å². The molecule has 3 N–H and O–H groups in total. The third-order valence-electron chi connectivity index (χ3n) is 3.12. The van der Waals surface area contributed by atoms with E-state index in [1.807, 2.05) is 31.2 Å². The summed E-state index contributed by atoms with van der Waals surface area (Å²) in [6.45, 7) is 2.44. The van der Waals surface area contributed by atoms with Gasteiger partial charge >= 0.3 is 0 Å². The van der Waals surface area contributed by atoms with E-state index in [1.165, 1.54) is 0 Å². The van der Waals surface area contributed by atoms with Crippen molar-refractivity contribution in [1.82, 2.24) is 0 Å². The third kappa shape index (κ3) is 1.68. The molecule has 1 aliphatic carbocycles. The van der Waals surface area contributed by atoms with Gasteiger partial charge in [-0.15, -0.1) is 0 Å². The molecule has 2 nitrogen and oxygen atoms in total. The summed E-state index contributed by atoms with van der Waals surface area (Å²) in [4.78, 5) is 0. The molecular formula is C12H17NO. The second-order valence-electron chi connectivity index (χ2n) is 4.33. The number of aliphatic hydroxyl groups is 1. The van der Waals surface area contributed by atoms with Crippen molar-refractivity contribution < 1.29 is 5.11 Å². The summed E-state index contributed by atoms with van der Waals surface area (Å²) in [5.41, 5.74) is 7.00. The third-order valence-corrected chi connectivity index (χ3v) is 3.12. The molecule has 0 amide bonds. The summed E-state index contributed by atoms with van der Waals surface area (Å²) < 4.78 is 0. The van der Waals surface area contributed by atoms with Crippen molar-refractivity contribution in [2.24, 2.45) is 11.7 Å². The fourth-order valence-corrected chi connectivity index (χ4v) is 1.89. The zero-order valence-electron chi connectivity index (χ0n) is 8.53. The molecule has 76 valence electrons. The first kappa shape index (κ1) is 9.69. The van der Waals surface area contributed by atoms with Crippen LogP contribution in [0.15, 0.2) is 24.3 Å². The van der Waals surface area contributed by atoms with Crippen LogP contribution in [0.5, 0.6) is 0 Å². The Morgan fingerprint density at radius 2 is 2.21 bits per heavy atom. The molecule has 2 rings (SSSR count). The Kier molecular flexibility index (Phi) is 2.33. The van der Waals surface area contributed by atoms with Gasteiger partial charge in [-0.1, -0.05) is 24.3 Å². The predicted octanol–water partition coefficient (Wildman–Crippen LogP) is 1.76. The van der Waals surface area contributed by atoms with Crippen molar-refractivity contribution >= 4 is 0 Å². The van der Waals surface area contributed by atoms with Crippen LogP contribution in [0.4, 0.5) is 0 Å². The van der Waals surface area contributed by atoms with Crippen LogP contribution in [0.3, 0.4) is 0 Å². The molecule has 1 saturated carbocycles. The lowest BCUT2D eigenvalue weighted by Gasteiger charge is -2.24. The number of rotatable bonds is 3. The lowest BCUT2D eigenvalue weighted by Crippen LogP contribution is -2.23. The van der Waals surface area contributed by atoms with Gasteiger partial charge < -0.3 is 10.8 Å². The van der Waals surface area contributed by atoms with E-state index in [2.05, 4.69) is 0 Å². The van der Waals surface area contributed by atoms with Crippen molar-refractivity contribution in [3.8, 4) is 0 Å². The minimum absolute atomic E-state index is 0.440. The SMILES string of the molecule is CC(O)(c1cccc(CN)c1)C1CC1. The topological polar surface area (TPSA) is 46.2 Å². The summed E-state index contributed by atoms with van der Waals surface area (Å²) in [6.07, 6.45) is 2.28. The molecule has 1 fully saturated rings. The van der Waals surface area contributed by atoms with Crippen LogP contribution in [0.1, 0.15) is 30.9 Å². The molecule has 2 heteroatoms. The molecule has 1 aromatic rings. The quantitative estimate of drug-likeness (QED) is 0.764. The van der Waals surface area contributed by atoms with Crippen LogP contribution < -0.4 is 5.73 Å². The Morgan fingerprint density at radius 1 is 1.50 bits per heavy atom. The van der Waals surface area contributed by atoms with Crippen LogP contribution in [-0.2, 0) is 12.1 Å². The Hall–Kier alpha value is -0.860. The summed E-state index contributed by atoms with van der Waals surface area (Å²) in [7, 11) is 0. The first-order valence-corrected chi connectivity index (χ1v) is 5.16. The summed E-state index contributed by atoms with van der Waals surface area (Å²) in [6, 6.07) is 7.96. The largest absolute Gasteiger partial charge is 0.385 e. The minimum Gasteiger partial charge on any atom is -0.385 e. The van der Waals surface area contributed by atoms with Crippen LogP contribution >= 0.6 is 0 Å². The highest BCUT2D eigenvalue weighted by Crippen LogP contribution is 2.45. The normalized spacial score (nSPS) is 20.5. The highest BCUT2D eigenvalue weighted by molar-refractivity contribution is 5.29. The van der Waals surface area contributed by atoms with Crippen LogP contribution in [0, 0.1) is 5.92 Å². The van der Waals surface area contributed by atoms with Gasteiger partial charge in [0.25, 0.3) is 0 Å². The van der Waals surface area contributed by atoms with Crippen molar-refractivity contribution in [2.75, 3.05) is 0 Å². The van der Waals surface area contributed by atoms with Crippen LogP contribution in [0.2, 0.25) is 0 Å². The van der Waals surface area contributed by atoms with Crippen molar-refractivity contribution in [3.63, 3.8) is 0 Å².